The molecule has 47 heavy (non-hydrogen) atoms. The molecule has 1 fully saturated rings. The number of amides is 3. The van der Waals surface area contributed by atoms with Gasteiger partial charge in [-0.15, -0.1) is 11.3 Å². The molecule has 24 heteroatoms. The number of nitrogen functional groups attached to an aromatic ring is 1. The summed E-state index contributed by atoms with van der Waals surface area (Å²) in [7, 11) is -5.17. The number of thiazole rings is 1. The fourth-order valence-corrected chi connectivity index (χ4v) is 5.18. The molecule has 2 atom stereocenters. The van der Waals surface area contributed by atoms with E-state index in [0.717, 1.165) is 37.4 Å². The number of aromatic nitrogens is 3. The van der Waals surface area contributed by atoms with Crippen LogP contribution in [0.3, 0.4) is 0 Å². The van der Waals surface area contributed by atoms with E-state index in [1.807, 2.05) is 0 Å². The van der Waals surface area contributed by atoms with Gasteiger partial charge in [-0.3, -0.25) is 18.9 Å². The molecule has 1 saturated heterocycles. The predicted octanol–water partition coefficient (Wildman–Crippen LogP) is -1.51. The largest absolute Gasteiger partial charge is 0.503 e. The fraction of sp³-hybridized carbons (Fsp3) is 0.304. The van der Waals surface area contributed by atoms with E-state index in [-0.39, 0.29) is 32.3 Å². The summed E-state index contributed by atoms with van der Waals surface area (Å²) in [4.78, 5) is 70.1. The average Bonchev–Trinajstić information content (AvgIpc) is 3.62. The quantitative estimate of drug-likeness (QED) is 0.0371. The van der Waals surface area contributed by atoms with Gasteiger partial charge in [0.25, 0.3) is 11.8 Å². The zero-order chi connectivity index (χ0) is 34.8. The second-order valence-electron chi connectivity index (χ2n) is 9.94. The molecule has 0 aliphatic carbocycles. The van der Waals surface area contributed by atoms with Crippen molar-refractivity contribution < 1.29 is 61.7 Å². The van der Waals surface area contributed by atoms with Crippen LogP contribution in [0.25, 0.3) is 11.4 Å². The van der Waals surface area contributed by atoms with Crippen LogP contribution in [-0.4, -0.2) is 101 Å². The molecule has 0 radical (unpaired) electrons. The van der Waals surface area contributed by atoms with Crippen LogP contribution >= 0.6 is 11.3 Å². The zero-order valence-electron chi connectivity index (χ0n) is 23.9. The number of carbonyl (C=O) groups excluding carboxylic acids is 3. The number of nitrogens with zero attached hydrogens (tertiary/aromatic N) is 5. The highest BCUT2D eigenvalue weighted by atomic mass is 32.2. The summed E-state index contributed by atoms with van der Waals surface area (Å²) in [6, 6.07) is -1.19. The predicted molar refractivity (Wildman–Crippen MR) is 153 cm³/mol. The monoisotopic (exact) mass is 700 g/mol. The van der Waals surface area contributed by atoms with E-state index in [0.29, 0.717) is 4.73 Å². The maximum atomic E-state index is 13.1. The number of aliphatic carboxylic acids is 1. The van der Waals surface area contributed by atoms with Gasteiger partial charge in [-0.25, -0.2) is 18.9 Å². The molecule has 8 N–H and O–H groups in total. The highest BCUT2D eigenvalue weighted by molar-refractivity contribution is 7.84. The summed E-state index contributed by atoms with van der Waals surface area (Å²) in [6.07, 6.45) is -0.459. The molecule has 3 aromatic heterocycles. The van der Waals surface area contributed by atoms with E-state index in [2.05, 4.69) is 25.9 Å². The van der Waals surface area contributed by atoms with Crippen molar-refractivity contribution in [2.75, 3.05) is 12.3 Å². The zero-order valence-corrected chi connectivity index (χ0v) is 25.5. The molecule has 4 heterocycles. The highest BCUT2D eigenvalue weighted by Gasteiger charge is 2.54. The van der Waals surface area contributed by atoms with Crippen molar-refractivity contribution in [1.82, 2.24) is 29.8 Å². The average molecular weight is 701 g/mol. The topological polar surface area (TPSA) is 328 Å². The molecule has 2 unspecified atom stereocenters. The Labute approximate surface area is 265 Å². The van der Waals surface area contributed by atoms with E-state index in [4.69, 9.17) is 19.8 Å². The minimum absolute atomic E-state index is 0.00525. The summed E-state index contributed by atoms with van der Waals surface area (Å²) in [5.41, 5.74) is 1.84. The Morgan fingerprint density at radius 1 is 1.26 bits per heavy atom. The number of hydrogen-bond acceptors (Lipinski definition) is 17. The molecular formula is C23H24N8O14S2. The van der Waals surface area contributed by atoms with Crippen molar-refractivity contribution in [1.29, 1.82) is 0 Å². The Bertz CT molecular complexity index is 1930. The molecule has 22 nitrogen and oxygen atoms in total. The Kier molecular flexibility index (Phi) is 9.39. The second-order valence-corrected chi connectivity index (χ2v) is 12.1. The lowest BCUT2D eigenvalue weighted by atomic mass is 9.98. The number of nitrogens with two attached hydrogens (primary N) is 1. The van der Waals surface area contributed by atoms with E-state index >= 15 is 0 Å². The number of rotatable bonds is 12. The standard InChI is InChI=1S/C23H24N8O14S2/c1-23(2,20(36)37)45-29-16(11-8-46-21(24)26-11)18(34)27-17-13(31(19(17)35)47(40,41)42)5-25-22(38)43-7-9-3-10(28-44-9)12-4-14(32)15(33)6-30(12)39/h3-4,6,8,13,17,33,39H,5,7H2,1-2H3,(H2,24,26)(H,25,38)(H,27,34)(H,36,37)(H,40,41,42). The third-order valence-corrected chi connectivity index (χ3v) is 7.82. The molecular weight excluding hydrogens is 676 g/mol. The maximum absolute atomic E-state index is 13.1. The normalized spacial score (nSPS) is 16.7. The van der Waals surface area contributed by atoms with Crippen LogP contribution in [0, 0.1) is 0 Å². The van der Waals surface area contributed by atoms with Gasteiger partial charge < -0.3 is 45.9 Å². The third-order valence-electron chi connectivity index (χ3n) is 6.20. The van der Waals surface area contributed by atoms with Crippen LogP contribution in [-0.2, 0) is 40.9 Å². The minimum Gasteiger partial charge on any atom is -0.503 e. The Balaban J connectivity index is 1.43. The summed E-state index contributed by atoms with van der Waals surface area (Å²) >= 11 is 0.890. The second kappa shape index (κ2) is 12.9. The van der Waals surface area contributed by atoms with E-state index in [1.54, 1.807) is 0 Å². The number of ether oxygens (including phenoxy) is 1. The third kappa shape index (κ3) is 7.56. The van der Waals surface area contributed by atoms with Crippen molar-refractivity contribution in [3.8, 4) is 17.1 Å². The number of pyridine rings is 1. The lowest BCUT2D eigenvalue weighted by Crippen LogP contribution is -2.74. The molecule has 1 aliphatic heterocycles. The number of nitrogens with one attached hydrogen (secondary N) is 2. The number of hydrogen-bond donors (Lipinski definition) is 7. The number of aromatic hydroxyl groups is 1. The van der Waals surface area contributed by atoms with Crippen molar-refractivity contribution in [2.45, 2.75) is 38.1 Å². The SMILES string of the molecule is CC(C)(ON=C(C(=O)NC1C(=O)N(S(=O)(=O)O)C1CNC(=O)OCc1cc(-c2cc(=O)c(O)cn2O)no1)c1csc(N)n1)C(=O)O. The van der Waals surface area contributed by atoms with Crippen LogP contribution in [0.1, 0.15) is 25.3 Å². The van der Waals surface area contributed by atoms with Crippen molar-refractivity contribution in [3.63, 3.8) is 0 Å². The van der Waals surface area contributed by atoms with Crippen LogP contribution in [0.4, 0.5) is 9.93 Å². The molecule has 0 spiro atoms. The Morgan fingerprint density at radius 2 is 1.96 bits per heavy atom. The lowest BCUT2D eigenvalue weighted by Gasteiger charge is -2.44. The van der Waals surface area contributed by atoms with E-state index in [1.165, 1.54) is 11.4 Å². The smallest absolute Gasteiger partial charge is 0.407 e. The minimum atomic E-state index is -5.17. The first-order chi connectivity index (χ1) is 21.9. The molecule has 0 bridgehead atoms. The number of carbonyl (C=O) groups is 4. The van der Waals surface area contributed by atoms with Crippen LogP contribution in [0.15, 0.2) is 38.2 Å². The molecule has 4 rings (SSSR count). The highest BCUT2D eigenvalue weighted by Crippen LogP contribution is 2.24. The molecule has 3 aromatic rings. The van der Waals surface area contributed by atoms with Gasteiger partial charge in [0.15, 0.2) is 29.0 Å². The molecule has 0 aromatic carbocycles. The van der Waals surface area contributed by atoms with Gasteiger partial charge in [-0.05, 0) is 13.8 Å². The summed E-state index contributed by atoms with van der Waals surface area (Å²) < 4.78 is 43.6. The Morgan fingerprint density at radius 3 is 2.57 bits per heavy atom. The fourth-order valence-electron chi connectivity index (χ4n) is 3.75. The van der Waals surface area contributed by atoms with Gasteiger partial charge in [0, 0.05) is 24.1 Å². The molecule has 0 saturated carbocycles. The molecule has 252 valence electrons. The number of oxime groups is 1. The van der Waals surface area contributed by atoms with E-state index < -0.39 is 81.9 Å². The summed E-state index contributed by atoms with van der Waals surface area (Å²) in [6.45, 7) is 1.00. The summed E-state index contributed by atoms with van der Waals surface area (Å²) in [5, 5.41) is 41.3. The molecule has 1 aliphatic rings. The molecule has 3 amide bonds. The van der Waals surface area contributed by atoms with Crippen LogP contribution in [0.2, 0.25) is 0 Å². The first-order valence-corrected chi connectivity index (χ1v) is 15.0. The van der Waals surface area contributed by atoms with Gasteiger partial charge >= 0.3 is 22.4 Å². The van der Waals surface area contributed by atoms with Gasteiger partial charge in [-0.2, -0.15) is 13.1 Å². The number of β-lactam (4-membered cyclic amide) rings is 1. The van der Waals surface area contributed by atoms with Crippen LogP contribution in [0.5, 0.6) is 5.75 Å². The van der Waals surface area contributed by atoms with Crippen molar-refractivity contribution in [2.24, 2.45) is 5.16 Å². The number of carboxylic acids is 1. The maximum Gasteiger partial charge on any atom is 0.407 e. The summed E-state index contributed by atoms with van der Waals surface area (Å²) in [5.74, 6) is -4.72. The lowest BCUT2D eigenvalue weighted by molar-refractivity contribution is -0.161. The number of carboxylic acid groups (broad SMARTS) is 1. The van der Waals surface area contributed by atoms with E-state index in [9.17, 15) is 52.4 Å². The first-order valence-electron chi connectivity index (χ1n) is 12.7. The van der Waals surface area contributed by atoms with Crippen molar-refractivity contribution in [3.05, 3.63) is 45.4 Å². The van der Waals surface area contributed by atoms with Gasteiger partial charge in [-0.1, -0.05) is 10.3 Å². The van der Waals surface area contributed by atoms with Gasteiger partial charge in [0.05, 0.1) is 12.2 Å². The first kappa shape index (κ1) is 34.1. The number of anilines is 1. The van der Waals surface area contributed by atoms with Crippen LogP contribution < -0.4 is 21.8 Å². The van der Waals surface area contributed by atoms with Crippen molar-refractivity contribution >= 4 is 56.4 Å². The Hall–Kier alpha value is -5.75. The van der Waals surface area contributed by atoms with Gasteiger partial charge in [0.2, 0.25) is 11.0 Å². The number of alkyl carbamates (subject to hydrolysis) is 1. The van der Waals surface area contributed by atoms with Gasteiger partial charge in [0.1, 0.15) is 23.1 Å².